The summed E-state index contributed by atoms with van der Waals surface area (Å²) in [6.45, 7) is 0. The van der Waals surface area contributed by atoms with Gasteiger partial charge in [0.1, 0.15) is 0 Å². The molecule has 0 spiro atoms. The fourth-order valence-electron chi connectivity index (χ4n) is 7.09. The minimum absolute atomic E-state index is 0.339. The number of aromatic nitrogens is 1. The van der Waals surface area contributed by atoms with Crippen molar-refractivity contribution in [3.05, 3.63) is 124 Å². The summed E-state index contributed by atoms with van der Waals surface area (Å²) in [5.41, 5.74) is 8.12. The number of hydrogen-bond donors (Lipinski definition) is 0. The summed E-state index contributed by atoms with van der Waals surface area (Å²) >= 11 is 4.07. The summed E-state index contributed by atoms with van der Waals surface area (Å²) in [7, 11) is 0. The zero-order chi connectivity index (χ0) is 24.8. The predicted molar refractivity (Wildman–Crippen MR) is 164 cm³/mol. The number of benzene rings is 2. The molecular formula is C34H26N2S2. The van der Waals surface area contributed by atoms with Crippen LogP contribution in [0.5, 0.6) is 0 Å². The van der Waals surface area contributed by atoms with E-state index in [1.807, 2.05) is 11.3 Å². The Morgan fingerprint density at radius 1 is 0.816 bits per heavy atom. The van der Waals surface area contributed by atoms with E-state index in [4.69, 9.17) is 0 Å². The average molecular weight is 527 g/mol. The number of para-hydroxylation sites is 1. The van der Waals surface area contributed by atoms with Crippen LogP contribution in [0.3, 0.4) is 0 Å². The summed E-state index contributed by atoms with van der Waals surface area (Å²) in [6.07, 6.45) is 25.5. The minimum Gasteiger partial charge on any atom is -0.336 e. The fraction of sp³-hybridized carbons (Fsp3) is 0.176. The van der Waals surface area contributed by atoms with Crippen molar-refractivity contribution < 1.29 is 0 Å². The number of hydrogen-bond acceptors (Lipinski definition) is 3. The highest BCUT2D eigenvalue weighted by Gasteiger charge is 2.48. The third-order valence-corrected chi connectivity index (χ3v) is 11.4. The van der Waals surface area contributed by atoms with E-state index in [-0.39, 0.29) is 0 Å². The fourth-order valence-corrected chi connectivity index (χ4v) is 9.97. The topological polar surface area (TPSA) is 8.17 Å². The van der Waals surface area contributed by atoms with Crippen molar-refractivity contribution in [3.63, 3.8) is 0 Å². The van der Waals surface area contributed by atoms with Gasteiger partial charge in [-0.3, -0.25) is 0 Å². The first kappa shape index (κ1) is 21.5. The van der Waals surface area contributed by atoms with Crippen LogP contribution in [0.15, 0.2) is 114 Å². The van der Waals surface area contributed by atoms with E-state index in [2.05, 4.69) is 131 Å². The lowest BCUT2D eigenvalue weighted by atomic mass is 9.95. The molecule has 0 bridgehead atoms. The van der Waals surface area contributed by atoms with E-state index in [9.17, 15) is 0 Å². The Morgan fingerprint density at radius 2 is 1.66 bits per heavy atom. The van der Waals surface area contributed by atoms with E-state index >= 15 is 0 Å². The molecule has 0 saturated heterocycles. The van der Waals surface area contributed by atoms with E-state index in [1.54, 1.807) is 4.91 Å². The van der Waals surface area contributed by atoms with Crippen molar-refractivity contribution in [1.82, 2.24) is 4.57 Å². The number of allylic oxidation sites excluding steroid dienone is 6. The van der Waals surface area contributed by atoms with Crippen LogP contribution in [0.25, 0.3) is 32.9 Å². The Labute approximate surface area is 230 Å². The van der Waals surface area contributed by atoms with Gasteiger partial charge in [0.2, 0.25) is 0 Å². The first-order valence-corrected chi connectivity index (χ1v) is 15.3. The summed E-state index contributed by atoms with van der Waals surface area (Å²) < 4.78 is 3.94. The van der Waals surface area contributed by atoms with Crippen LogP contribution in [0.1, 0.15) is 16.9 Å². The quantitative estimate of drug-likeness (QED) is 0.258. The Kier molecular flexibility index (Phi) is 4.53. The van der Waals surface area contributed by atoms with Gasteiger partial charge in [0, 0.05) is 54.9 Å². The van der Waals surface area contributed by atoms with Crippen molar-refractivity contribution >= 4 is 56.0 Å². The summed E-state index contributed by atoms with van der Waals surface area (Å²) in [4.78, 5) is 5.73. The van der Waals surface area contributed by atoms with Gasteiger partial charge in [0.15, 0.2) is 0 Å². The van der Waals surface area contributed by atoms with Gasteiger partial charge >= 0.3 is 0 Å². The van der Waals surface area contributed by atoms with Crippen LogP contribution in [0.4, 0.5) is 5.69 Å². The normalized spacial score (nSPS) is 26.5. The number of thiophene rings is 1. The van der Waals surface area contributed by atoms with Crippen LogP contribution in [0, 0.1) is 11.8 Å². The molecule has 38 heavy (non-hydrogen) atoms. The largest absolute Gasteiger partial charge is 0.336 e. The van der Waals surface area contributed by atoms with Gasteiger partial charge in [-0.05, 0) is 37.1 Å². The van der Waals surface area contributed by atoms with E-state index < -0.39 is 0 Å². The van der Waals surface area contributed by atoms with Gasteiger partial charge in [-0.1, -0.05) is 85.0 Å². The van der Waals surface area contributed by atoms with Crippen LogP contribution in [-0.2, 0) is 6.42 Å². The minimum atomic E-state index is 0.339. The number of rotatable bonds is 2. The van der Waals surface area contributed by atoms with Crippen LogP contribution in [-0.4, -0.2) is 15.9 Å². The average Bonchev–Trinajstić information content (AvgIpc) is 3.70. The third kappa shape index (κ3) is 2.85. The maximum absolute atomic E-state index is 2.65. The van der Waals surface area contributed by atoms with E-state index in [1.165, 1.54) is 48.6 Å². The molecule has 2 aromatic heterocycles. The molecule has 4 heterocycles. The summed E-state index contributed by atoms with van der Waals surface area (Å²) in [6, 6.07) is 18.6. The Morgan fingerprint density at radius 3 is 2.63 bits per heavy atom. The number of nitrogens with zero attached hydrogens (tertiary/aromatic N) is 2. The zero-order valence-corrected chi connectivity index (χ0v) is 22.5. The maximum atomic E-state index is 2.65. The molecule has 184 valence electrons. The molecular weight excluding hydrogens is 501 g/mol. The highest BCUT2D eigenvalue weighted by molar-refractivity contribution is 8.04. The second-order valence-electron chi connectivity index (χ2n) is 10.7. The predicted octanol–water partition coefficient (Wildman–Crippen LogP) is 8.80. The smallest absolute Gasteiger partial charge is 0.0724 e. The van der Waals surface area contributed by atoms with E-state index in [0.717, 1.165) is 12.8 Å². The molecule has 0 N–H and O–H groups in total. The first-order chi connectivity index (χ1) is 18.9. The number of aryl methyl sites for hydroxylation is 1. The Hall–Kier alpha value is -3.47. The van der Waals surface area contributed by atoms with Crippen LogP contribution in [0.2, 0.25) is 0 Å². The highest BCUT2D eigenvalue weighted by Crippen LogP contribution is 2.57. The van der Waals surface area contributed by atoms with Gasteiger partial charge in [0.25, 0.3) is 0 Å². The number of anilines is 1. The van der Waals surface area contributed by atoms with Gasteiger partial charge < -0.3 is 9.47 Å². The molecule has 2 aliphatic heterocycles. The molecule has 0 radical (unpaired) electrons. The molecule has 2 nitrogen and oxygen atoms in total. The SMILES string of the molecule is C1=CC2SC3=C(C2C=C1)N(c1cccc(-n2c4ccccc4c4sc5c(c42)C=CCC5)c1)C1C=CC=CC31. The number of thioether (sulfide) groups is 1. The standard InChI is InChI=1S/C34H26N2S2/c1-5-16-27-23(12-1)33-31(25-14-3-7-18-29(25)37-33)35(27)21-10-9-11-22(20-21)36-28-17-6-2-13-24(28)34-32(36)26-15-4-8-19-30(26)38-34/h1-7,9-18,20,23,25,27,29H,8,19H2. The highest BCUT2D eigenvalue weighted by atomic mass is 32.2. The lowest BCUT2D eigenvalue weighted by Gasteiger charge is -2.35. The Bertz CT molecular complexity index is 1830. The van der Waals surface area contributed by atoms with E-state index in [0.29, 0.717) is 23.1 Å². The second-order valence-corrected chi connectivity index (χ2v) is 13.0. The summed E-state index contributed by atoms with van der Waals surface area (Å²) in [5, 5.41) is 1.87. The van der Waals surface area contributed by atoms with Crippen molar-refractivity contribution in [2.45, 2.75) is 24.1 Å². The molecule has 9 rings (SSSR count). The van der Waals surface area contributed by atoms with Crippen molar-refractivity contribution in [2.24, 2.45) is 11.8 Å². The van der Waals surface area contributed by atoms with Crippen molar-refractivity contribution in [2.75, 3.05) is 4.90 Å². The summed E-state index contributed by atoms with van der Waals surface area (Å²) in [5.74, 6) is 0.869. The van der Waals surface area contributed by atoms with Crippen LogP contribution >= 0.6 is 23.1 Å². The molecule has 4 unspecified atom stereocenters. The molecule has 4 aromatic rings. The molecule has 4 heteroatoms. The molecule has 0 amide bonds. The van der Waals surface area contributed by atoms with Gasteiger partial charge in [-0.15, -0.1) is 23.1 Å². The molecule has 5 aliphatic rings. The lowest BCUT2D eigenvalue weighted by Crippen LogP contribution is -2.36. The van der Waals surface area contributed by atoms with Crippen LogP contribution < -0.4 is 4.90 Å². The van der Waals surface area contributed by atoms with Gasteiger partial charge in [-0.25, -0.2) is 0 Å². The lowest BCUT2D eigenvalue weighted by molar-refractivity contribution is 0.660. The maximum Gasteiger partial charge on any atom is 0.0724 e. The molecule has 0 saturated carbocycles. The molecule has 2 aromatic carbocycles. The van der Waals surface area contributed by atoms with Gasteiger partial charge in [0.05, 0.1) is 21.8 Å². The van der Waals surface area contributed by atoms with Crippen molar-refractivity contribution in [1.29, 1.82) is 0 Å². The first-order valence-electron chi connectivity index (χ1n) is 13.6. The molecule has 4 atom stereocenters. The number of fused-ring (bicyclic) bond motifs is 9. The third-order valence-electron chi connectivity index (χ3n) is 8.68. The van der Waals surface area contributed by atoms with Crippen molar-refractivity contribution in [3.8, 4) is 5.69 Å². The van der Waals surface area contributed by atoms with Gasteiger partial charge in [-0.2, -0.15) is 0 Å². The second kappa shape index (κ2) is 8.02. The molecule has 3 aliphatic carbocycles. The monoisotopic (exact) mass is 526 g/mol. The Balaban J connectivity index is 1.25. The molecule has 0 fully saturated rings. The zero-order valence-electron chi connectivity index (χ0n) is 20.8.